The van der Waals surface area contributed by atoms with Gasteiger partial charge in [-0.2, -0.15) is 0 Å². The molecule has 1 saturated carbocycles. The van der Waals surface area contributed by atoms with Crippen molar-refractivity contribution in [3.8, 4) is 0 Å². The lowest BCUT2D eigenvalue weighted by Gasteiger charge is -2.36. The molecule has 1 aliphatic rings. The minimum absolute atomic E-state index is 0.0123. The monoisotopic (exact) mass is 307 g/mol. The van der Waals surface area contributed by atoms with Crippen LogP contribution in [0.15, 0.2) is 11.8 Å². The molecule has 0 aliphatic heterocycles. The van der Waals surface area contributed by atoms with Gasteiger partial charge >= 0.3 is 0 Å². The van der Waals surface area contributed by atoms with Crippen molar-refractivity contribution in [1.29, 1.82) is 0 Å². The smallest absolute Gasteiger partial charge is 0.226 e. The summed E-state index contributed by atoms with van der Waals surface area (Å²) < 4.78 is 1.73. The molecule has 21 heavy (non-hydrogen) atoms. The Morgan fingerprint density at radius 1 is 1.33 bits per heavy atom. The van der Waals surface area contributed by atoms with Crippen molar-refractivity contribution in [3.05, 3.63) is 11.8 Å². The minimum Gasteiger partial charge on any atom is -0.301 e. The maximum Gasteiger partial charge on any atom is 0.226 e. The van der Waals surface area contributed by atoms with Gasteiger partial charge in [-0.15, -0.1) is 15.3 Å². The van der Waals surface area contributed by atoms with E-state index in [1.54, 1.807) is 16.5 Å². The maximum atomic E-state index is 12.3. The summed E-state index contributed by atoms with van der Waals surface area (Å²) in [6.45, 7) is 0.684. The fourth-order valence-corrected chi connectivity index (χ4v) is 3.48. The van der Waals surface area contributed by atoms with E-state index in [2.05, 4.69) is 31.0 Å². The lowest BCUT2D eigenvalue weighted by atomic mass is 9.71. The highest BCUT2D eigenvalue weighted by Gasteiger charge is 2.35. The maximum absolute atomic E-state index is 12.3. The average molecular weight is 307 g/mol. The number of hydrogen-bond donors (Lipinski definition) is 1. The average Bonchev–Trinajstić information content (AvgIpc) is 3.13. The zero-order valence-electron chi connectivity index (χ0n) is 11.6. The van der Waals surface area contributed by atoms with Gasteiger partial charge in [0.25, 0.3) is 0 Å². The summed E-state index contributed by atoms with van der Waals surface area (Å²) in [4.78, 5) is 12.3. The van der Waals surface area contributed by atoms with Crippen LogP contribution in [0.25, 0.3) is 0 Å². The number of nitrogens with one attached hydrogen (secondary N) is 1. The first-order chi connectivity index (χ1) is 10.3. The lowest BCUT2D eigenvalue weighted by molar-refractivity contribution is -0.119. The molecule has 0 unspecified atom stereocenters. The van der Waals surface area contributed by atoms with E-state index in [4.69, 9.17) is 0 Å². The molecular formula is C12H17N7OS. The molecule has 112 valence electrons. The second-order valence-corrected chi connectivity index (χ2v) is 6.37. The van der Waals surface area contributed by atoms with E-state index >= 15 is 0 Å². The normalized spacial score (nSPS) is 17.5. The summed E-state index contributed by atoms with van der Waals surface area (Å²) in [6.07, 6.45) is 7.65. The summed E-state index contributed by atoms with van der Waals surface area (Å²) in [7, 11) is 0. The predicted octanol–water partition coefficient (Wildman–Crippen LogP) is 1.50. The van der Waals surface area contributed by atoms with Gasteiger partial charge in [-0.25, -0.2) is 4.68 Å². The van der Waals surface area contributed by atoms with Gasteiger partial charge in [-0.3, -0.25) is 4.79 Å². The zero-order chi connectivity index (χ0) is 14.5. The van der Waals surface area contributed by atoms with E-state index in [9.17, 15) is 4.79 Å². The highest BCUT2D eigenvalue weighted by Crippen LogP contribution is 2.40. The molecule has 0 spiro atoms. The van der Waals surface area contributed by atoms with Crippen molar-refractivity contribution in [1.82, 2.24) is 30.4 Å². The van der Waals surface area contributed by atoms with Gasteiger partial charge in [-0.1, -0.05) is 30.6 Å². The molecule has 0 atom stereocenters. The van der Waals surface area contributed by atoms with E-state index < -0.39 is 0 Å². The summed E-state index contributed by atoms with van der Waals surface area (Å²) in [5.41, 5.74) is 1.54. The Kier molecular flexibility index (Phi) is 4.18. The molecule has 0 saturated heterocycles. The van der Waals surface area contributed by atoms with E-state index in [1.807, 2.05) is 0 Å². The van der Waals surface area contributed by atoms with Gasteiger partial charge < -0.3 is 5.32 Å². The Hall–Kier alpha value is -1.90. The van der Waals surface area contributed by atoms with Crippen LogP contribution in [0.3, 0.4) is 0 Å². The van der Waals surface area contributed by atoms with Crippen LogP contribution < -0.4 is 5.32 Å². The van der Waals surface area contributed by atoms with Gasteiger partial charge in [-0.05, 0) is 28.7 Å². The molecule has 8 nitrogen and oxygen atoms in total. The molecule has 2 aromatic rings. The Morgan fingerprint density at radius 2 is 2.19 bits per heavy atom. The summed E-state index contributed by atoms with van der Waals surface area (Å²) in [5.74, 6) is -0.0123. The molecular weight excluding hydrogens is 290 g/mol. The van der Waals surface area contributed by atoms with Crippen molar-refractivity contribution in [2.45, 2.75) is 45.1 Å². The number of tetrazole rings is 1. The third-order valence-electron chi connectivity index (χ3n) is 3.95. The minimum atomic E-state index is -0.0671. The Morgan fingerprint density at radius 3 is 2.86 bits per heavy atom. The van der Waals surface area contributed by atoms with E-state index in [0.29, 0.717) is 18.1 Å². The molecule has 2 heterocycles. The predicted molar refractivity (Wildman–Crippen MR) is 76.5 cm³/mol. The molecule has 2 aromatic heterocycles. The molecule has 1 amide bonds. The van der Waals surface area contributed by atoms with Gasteiger partial charge in [0.2, 0.25) is 11.0 Å². The van der Waals surface area contributed by atoms with Gasteiger partial charge in [0, 0.05) is 6.42 Å². The zero-order valence-corrected chi connectivity index (χ0v) is 12.4. The standard InChI is InChI=1S/C12H17N7OS/c20-10(15-11-16-14-9-21-11)6-12(4-2-1-3-5-12)7-19-8-13-17-18-19/h8-9H,1-7H2,(H,15,16,20). The van der Waals surface area contributed by atoms with Crippen LogP contribution in [-0.4, -0.2) is 36.3 Å². The van der Waals surface area contributed by atoms with Crippen molar-refractivity contribution in [2.75, 3.05) is 5.32 Å². The number of carbonyl (C=O) groups is 1. The third kappa shape index (κ3) is 3.60. The Labute approximate surface area is 126 Å². The summed E-state index contributed by atoms with van der Waals surface area (Å²) in [5, 5.41) is 22.2. The molecule has 3 rings (SSSR count). The van der Waals surface area contributed by atoms with E-state index in [0.717, 1.165) is 25.7 Å². The molecule has 9 heteroatoms. The topological polar surface area (TPSA) is 98.5 Å². The lowest BCUT2D eigenvalue weighted by Crippen LogP contribution is -2.34. The largest absolute Gasteiger partial charge is 0.301 e. The molecule has 1 aliphatic carbocycles. The number of hydrogen-bond acceptors (Lipinski definition) is 7. The summed E-state index contributed by atoms with van der Waals surface area (Å²) >= 11 is 1.33. The number of anilines is 1. The van der Waals surface area contributed by atoms with Crippen LogP contribution in [-0.2, 0) is 11.3 Å². The number of carbonyl (C=O) groups excluding carboxylic acids is 1. The quantitative estimate of drug-likeness (QED) is 0.899. The SMILES string of the molecule is O=C(CC1(Cn2cnnn2)CCCCC1)Nc1nncs1. The Bertz CT molecular complexity index is 562. The highest BCUT2D eigenvalue weighted by atomic mass is 32.1. The Balaban J connectivity index is 1.68. The van der Waals surface area contributed by atoms with Gasteiger partial charge in [0.05, 0.1) is 6.54 Å². The first-order valence-corrected chi connectivity index (χ1v) is 7.91. The number of amides is 1. The van der Waals surface area contributed by atoms with Gasteiger partial charge in [0.1, 0.15) is 11.8 Å². The molecule has 1 fully saturated rings. The van der Waals surface area contributed by atoms with E-state index in [1.165, 1.54) is 17.8 Å². The van der Waals surface area contributed by atoms with Gasteiger partial charge in [0.15, 0.2) is 0 Å². The van der Waals surface area contributed by atoms with Crippen LogP contribution in [0.1, 0.15) is 38.5 Å². The molecule has 1 N–H and O–H groups in total. The second-order valence-electron chi connectivity index (χ2n) is 5.54. The summed E-state index contributed by atoms with van der Waals surface area (Å²) in [6, 6.07) is 0. The first-order valence-electron chi connectivity index (χ1n) is 7.03. The van der Waals surface area contributed by atoms with Crippen LogP contribution in [0.5, 0.6) is 0 Å². The van der Waals surface area contributed by atoms with Crippen LogP contribution in [0, 0.1) is 5.41 Å². The molecule has 0 aromatic carbocycles. The van der Waals surface area contributed by atoms with Crippen molar-refractivity contribution in [3.63, 3.8) is 0 Å². The second kappa shape index (κ2) is 6.25. The fraction of sp³-hybridized carbons (Fsp3) is 0.667. The molecule has 0 radical (unpaired) electrons. The van der Waals surface area contributed by atoms with Crippen LogP contribution in [0.2, 0.25) is 0 Å². The number of aromatic nitrogens is 6. The van der Waals surface area contributed by atoms with Crippen molar-refractivity contribution in [2.24, 2.45) is 5.41 Å². The third-order valence-corrected chi connectivity index (χ3v) is 4.55. The highest BCUT2D eigenvalue weighted by molar-refractivity contribution is 7.13. The van der Waals surface area contributed by atoms with Crippen molar-refractivity contribution < 1.29 is 4.79 Å². The number of nitrogens with zero attached hydrogens (tertiary/aromatic N) is 6. The van der Waals surface area contributed by atoms with Crippen molar-refractivity contribution >= 4 is 22.4 Å². The first kappa shape index (κ1) is 14.1. The van der Waals surface area contributed by atoms with Crippen LogP contribution >= 0.6 is 11.3 Å². The number of rotatable bonds is 5. The van der Waals surface area contributed by atoms with Crippen LogP contribution in [0.4, 0.5) is 5.13 Å². The fourth-order valence-electron chi connectivity index (χ4n) is 3.02. The van der Waals surface area contributed by atoms with E-state index in [-0.39, 0.29) is 11.3 Å². The molecule has 0 bridgehead atoms.